The molecular weight excluding hydrogens is 290 g/mol. The highest BCUT2D eigenvalue weighted by atomic mass is 16.5. The van der Waals surface area contributed by atoms with Crippen LogP contribution in [0.5, 0.6) is 0 Å². The van der Waals surface area contributed by atoms with Crippen LogP contribution >= 0.6 is 0 Å². The van der Waals surface area contributed by atoms with E-state index >= 15 is 0 Å². The number of rotatable bonds is 6. The number of carbonyl (C=O) groups excluding carboxylic acids is 1. The van der Waals surface area contributed by atoms with Crippen LogP contribution in [0.1, 0.15) is 36.7 Å². The molecule has 1 aromatic carbocycles. The molecule has 1 aliphatic rings. The minimum atomic E-state index is -0.0366. The normalized spacial score (nSPS) is 23.5. The van der Waals surface area contributed by atoms with E-state index in [2.05, 4.69) is 24.1 Å². The number of hydrogen-bond acceptors (Lipinski definition) is 4. The Morgan fingerprint density at radius 2 is 1.91 bits per heavy atom. The number of benzene rings is 1. The molecule has 3 atom stereocenters. The zero-order valence-electron chi connectivity index (χ0n) is 14.4. The van der Waals surface area contributed by atoms with Crippen molar-refractivity contribution in [3.63, 3.8) is 0 Å². The molecule has 1 amide bonds. The van der Waals surface area contributed by atoms with Crippen LogP contribution < -0.4 is 11.1 Å². The molecule has 3 N–H and O–H groups in total. The maximum Gasteiger partial charge on any atom is 0.251 e. The summed E-state index contributed by atoms with van der Waals surface area (Å²) in [6, 6.07) is 7.86. The Balaban J connectivity index is 1.87. The highest BCUT2D eigenvalue weighted by Gasteiger charge is 2.22. The van der Waals surface area contributed by atoms with Crippen LogP contribution in [0.25, 0.3) is 0 Å². The lowest BCUT2D eigenvalue weighted by molar-refractivity contribution is -0.0704. The minimum absolute atomic E-state index is 0.0366. The lowest BCUT2D eigenvalue weighted by Crippen LogP contribution is -2.44. The fraction of sp³-hybridized carbons (Fsp3) is 0.611. The molecule has 5 heteroatoms. The molecule has 0 radical (unpaired) electrons. The van der Waals surface area contributed by atoms with E-state index in [1.54, 1.807) is 0 Å². The van der Waals surface area contributed by atoms with Crippen LogP contribution in [0, 0.1) is 5.92 Å². The summed E-state index contributed by atoms with van der Waals surface area (Å²) in [5.74, 6) is 0.258. The van der Waals surface area contributed by atoms with Crippen LogP contribution in [0.15, 0.2) is 24.3 Å². The molecule has 0 aliphatic carbocycles. The van der Waals surface area contributed by atoms with Gasteiger partial charge in [-0.15, -0.1) is 0 Å². The molecule has 23 heavy (non-hydrogen) atoms. The molecular formula is C18H29N3O2. The number of hydrogen-bond donors (Lipinski definition) is 2. The third-order valence-corrected chi connectivity index (χ3v) is 4.13. The summed E-state index contributed by atoms with van der Waals surface area (Å²) in [6.45, 7) is 10.2. The summed E-state index contributed by atoms with van der Waals surface area (Å²) in [5, 5.41) is 2.92. The summed E-state index contributed by atoms with van der Waals surface area (Å²) in [5.41, 5.74) is 7.48. The van der Waals surface area contributed by atoms with Crippen molar-refractivity contribution < 1.29 is 9.53 Å². The first kappa shape index (κ1) is 17.9. The third kappa shape index (κ3) is 5.61. The van der Waals surface area contributed by atoms with E-state index in [0.29, 0.717) is 24.6 Å². The zero-order valence-corrected chi connectivity index (χ0v) is 14.4. The van der Waals surface area contributed by atoms with Gasteiger partial charge in [0, 0.05) is 31.7 Å². The lowest BCUT2D eigenvalue weighted by Gasteiger charge is -2.35. The fourth-order valence-corrected chi connectivity index (χ4v) is 2.89. The molecule has 5 nitrogen and oxygen atoms in total. The summed E-state index contributed by atoms with van der Waals surface area (Å²) in [7, 11) is 0. The van der Waals surface area contributed by atoms with Gasteiger partial charge in [0.1, 0.15) is 0 Å². The Morgan fingerprint density at radius 3 is 2.48 bits per heavy atom. The Bertz CT molecular complexity index is 493. The van der Waals surface area contributed by atoms with Crippen molar-refractivity contribution in [3.05, 3.63) is 35.4 Å². The molecule has 1 fully saturated rings. The first-order valence-electron chi connectivity index (χ1n) is 8.43. The molecule has 0 spiro atoms. The zero-order chi connectivity index (χ0) is 16.8. The van der Waals surface area contributed by atoms with Crippen LogP contribution in [0.4, 0.5) is 0 Å². The van der Waals surface area contributed by atoms with Gasteiger partial charge in [-0.2, -0.15) is 0 Å². The van der Waals surface area contributed by atoms with Gasteiger partial charge in [-0.1, -0.05) is 19.1 Å². The number of nitrogens with zero attached hydrogens (tertiary/aromatic N) is 1. The summed E-state index contributed by atoms with van der Waals surface area (Å²) in [4.78, 5) is 14.5. The van der Waals surface area contributed by atoms with Crippen LogP contribution in [0.3, 0.4) is 0 Å². The Hall–Kier alpha value is -1.43. The van der Waals surface area contributed by atoms with Crippen LogP contribution in [-0.4, -0.2) is 49.2 Å². The maximum absolute atomic E-state index is 12.1. The van der Waals surface area contributed by atoms with Gasteiger partial charge in [0.05, 0.1) is 12.2 Å². The average Bonchev–Trinajstić information content (AvgIpc) is 2.52. The summed E-state index contributed by atoms with van der Waals surface area (Å²) in [6.07, 6.45) is 0.543. The molecule has 1 saturated heterocycles. The van der Waals surface area contributed by atoms with Crippen LogP contribution in [-0.2, 0) is 11.3 Å². The highest BCUT2D eigenvalue weighted by molar-refractivity contribution is 5.94. The predicted molar refractivity (Wildman–Crippen MR) is 92.3 cm³/mol. The summed E-state index contributed by atoms with van der Waals surface area (Å²) >= 11 is 0. The number of amides is 1. The van der Waals surface area contributed by atoms with E-state index in [9.17, 15) is 4.79 Å². The summed E-state index contributed by atoms with van der Waals surface area (Å²) < 4.78 is 5.76. The third-order valence-electron chi connectivity index (χ3n) is 4.13. The molecule has 0 aromatic heterocycles. The average molecular weight is 319 g/mol. The topological polar surface area (TPSA) is 67.6 Å². The predicted octanol–water partition coefficient (Wildman–Crippen LogP) is 1.62. The second kappa shape index (κ2) is 8.43. The van der Waals surface area contributed by atoms with E-state index < -0.39 is 0 Å². The van der Waals surface area contributed by atoms with Crippen molar-refractivity contribution >= 4 is 5.91 Å². The van der Waals surface area contributed by atoms with Gasteiger partial charge in [0.15, 0.2) is 0 Å². The fourth-order valence-electron chi connectivity index (χ4n) is 2.89. The van der Waals surface area contributed by atoms with Crippen molar-refractivity contribution in [2.75, 3.05) is 26.2 Å². The van der Waals surface area contributed by atoms with E-state index in [0.717, 1.165) is 19.6 Å². The first-order chi connectivity index (χ1) is 11.0. The minimum Gasteiger partial charge on any atom is -0.373 e. The number of nitrogens with one attached hydrogen (secondary N) is 1. The van der Waals surface area contributed by atoms with Gasteiger partial charge in [-0.3, -0.25) is 9.69 Å². The molecule has 0 bridgehead atoms. The number of ether oxygens (including phenoxy) is 1. The van der Waals surface area contributed by atoms with Crippen molar-refractivity contribution in [3.8, 4) is 0 Å². The Labute approximate surface area is 139 Å². The smallest absolute Gasteiger partial charge is 0.251 e. The lowest BCUT2D eigenvalue weighted by atomic mass is 10.1. The molecule has 1 aromatic rings. The van der Waals surface area contributed by atoms with E-state index in [1.807, 2.05) is 31.2 Å². The number of morpholine rings is 1. The Kier molecular flexibility index (Phi) is 6.57. The number of carbonyl (C=O) groups is 1. The molecule has 128 valence electrons. The van der Waals surface area contributed by atoms with Gasteiger partial charge in [-0.25, -0.2) is 0 Å². The van der Waals surface area contributed by atoms with Crippen molar-refractivity contribution in [2.24, 2.45) is 11.7 Å². The van der Waals surface area contributed by atoms with Gasteiger partial charge < -0.3 is 15.8 Å². The molecule has 1 aliphatic heterocycles. The van der Waals surface area contributed by atoms with Gasteiger partial charge in [-0.05, 0) is 44.0 Å². The maximum atomic E-state index is 12.1. The SMILES string of the molecule is CC(CN)CNC(=O)c1ccc(CN2CC(C)OC(C)C2)cc1. The standard InChI is InChI=1S/C18H29N3O2/c1-13(8-19)9-20-18(22)17-6-4-16(5-7-17)12-21-10-14(2)23-15(3)11-21/h4-7,13-15H,8-12,19H2,1-3H3,(H,20,22). The molecule has 3 unspecified atom stereocenters. The van der Waals surface area contributed by atoms with E-state index in [1.165, 1.54) is 5.56 Å². The largest absolute Gasteiger partial charge is 0.373 e. The molecule has 0 saturated carbocycles. The second-order valence-corrected chi connectivity index (χ2v) is 6.70. The van der Waals surface area contributed by atoms with Crippen molar-refractivity contribution in [2.45, 2.75) is 39.5 Å². The van der Waals surface area contributed by atoms with Gasteiger partial charge >= 0.3 is 0 Å². The van der Waals surface area contributed by atoms with Gasteiger partial charge in [0.25, 0.3) is 5.91 Å². The van der Waals surface area contributed by atoms with Crippen molar-refractivity contribution in [1.29, 1.82) is 0 Å². The van der Waals surface area contributed by atoms with Crippen molar-refractivity contribution in [1.82, 2.24) is 10.2 Å². The quantitative estimate of drug-likeness (QED) is 0.836. The molecule has 1 heterocycles. The van der Waals surface area contributed by atoms with E-state index in [-0.39, 0.29) is 18.1 Å². The van der Waals surface area contributed by atoms with Gasteiger partial charge in [0.2, 0.25) is 0 Å². The second-order valence-electron chi connectivity index (χ2n) is 6.70. The monoisotopic (exact) mass is 319 g/mol. The Morgan fingerprint density at radius 1 is 1.30 bits per heavy atom. The highest BCUT2D eigenvalue weighted by Crippen LogP contribution is 2.14. The number of nitrogens with two attached hydrogens (primary N) is 1. The van der Waals surface area contributed by atoms with E-state index in [4.69, 9.17) is 10.5 Å². The first-order valence-corrected chi connectivity index (χ1v) is 8.43. The molecule has 2 rings (SSSR count). The van der Waals surface area contributed by atoms with Crippen LogP contribution in [0.2, 0.25) is 0 Å².